The lowest BCUT2D eigenvalue weighted by molar-refractivity contribution is 0.102. The lowest BCUT2D eigenvalue weighted by Gasteiger charge is -2.25. The van der Waals surface area contributed by atoms with Crippen LogP contribution < -0.4 is 5.32 Å². The molecule has 1 amide bonds. The Morgan fingerprint density at radius 3 is 2.91 bits per heavy atom. The molecule has 0 saturated carbocycles. The average Bonchev–Trinajstić information content (AvgIpc) is 2.97. The molecular weight excluding hydrogens is 398 g/mol. The Morgan fingerprint density at radius 1 is 1.35 bits per heavy atom. The minimum atomic E-state index is -0.241. The first-order chi connectivity index (χ1) is 11.1. The molecule has 1 aliphatic heterocycles. The van der Waals surface area contributed by atoms with Crippen molar-refractivity contribution in [1.82, 2.24) is 9.88 Å². The molecule has 4 nitrogen and oxygen atoms in total. The zero-order valence-electron chi connectivity index (χ0n) is 12.5. The Labute approximate surface area is 153 Å². The van der Waals surface area contributed by atoms with Gasteiger partial charge in [0.1, 0.15) is 0 Å². The van der Waals surface area contributed by atoms with Crippen LogP contribution in [0.2, 0.25) is 5.02 Å². The molecule has 1 fully saturated rings. The van der Waals surface area contributed by atoms with E-state index >= 15 is 0 Å². The van der Waals surface area contributed by atoms with Crippen molar-refractivity contribution in [2.75, 3.05) is 18.4 Å². The van der Waals surface area contributed by atoms with E-state index in [0.29, 0.717) is 15.7 Å². The van der Waals surface area contributed by atoms with Crippen LogP contribution in [0.25, 0.3) is 0 Å². The number of thiazole rings is 1. The number of hydrogen-bond acceptors (Lipinski definition) is 4. The molecule has 7 heteroatoms. The molecule has 1 aromatic carbocycles. The van der Waals surface area contributed by atoms with Gasteiger partial charge in [-0.2, -0.15) is 0 Å². The Balaban J connectivity index is 1.64. The first kappa shape index (κ1) is 16.9. The third-order valence-corrected chi connectivity index (χ3v) is 5.41. The van der Waals surface area contributed by atoms with Gasteiger partial charge in [-0.05, 0) is 44.1 Å². The summed E-state index contributed by atoms with van der Waals surface area (Å²) >= 11 is 10.9. The van der Waals surface area contributed by atoms with Gasteiger partial charge in [0.2, 0.25) is 0 Å². The second-order valence-electron chi connectivity index (χ2n) is 5.56. The van der Waals surface area contributed by atoms with Gasteiger partial charge in [-0.1, -0.05) is 34.0 Å². The highest BCUT2D eigenvalue weighted by Gasteiger charge is 2.15. The van der Waals surface area contributed by atoms with E-state index in [1.165, 1.54) is 30.6 Å². The third-order valence-electron chi connectivity index (χ3n) is 3.78. The van der Waals surface area contributed by atoms with Crippen LogP contribution in [0.15, 0.2) is 28.1 Å². The molecule has 2 heterocycles. The first-order valence-corrected chi connectivity index (χ1v) is 9.60. The fourth-order valence-electron chi connectivity index (χ4n) is 2.62. The number of likely N-dealkylation sites (tertiary alicyclic amines) is 1. The minimum Gasteiger partial charge on any atom is -0.298 e. The summed E-state index contributed by atoms with van der Waals surface area (Å²) in [4.78, 5) is 19.3. The molecule has 23 heavy (non-hydrogen) atoms. The van der Waals surface area contributed by atoms with Crippen LogP contribution in [-0.4, -0.2) is 28.9 Å². The van der Waals surface area contributed by atoms with Crippen LogP contribution >= 0.6 is 38.9 Å². The van der Waals surface area contributed by atoms with E-state index in [9.17, 15) is 4.79 Å². The highest BCUT2D eigenvalue weighted by Crippen LogP contribution is 2.24. The number of nitrogens with zero attached hydrogens (tertiary/aromatic N) is 2. The summed E-state index contributed by atoms with van der Waals surface area (Å²) < 4.78 is 0.817. The Kier molecular flexibility index (Phi) is 5.69. The summed E-state index contributed by atoms with van der Waals surface area (Å²) in [6.45, 7) is 3.11. The van der Waals surface area contributed by atoms with Crippen molar-refractivity contribution in [2.24, 2.45) is 0 Å². The molecule has 0 radical (unpaired) electrons. The number of anilines is 1. The summed E-state index contributed by atoms with van der Waals surface area (Å²) in [5.41, 5.74) is 1.45. The van der Waals surface area contributed by atoms with E-state index in [4.69, 9.17) is 11.6 Å². The molecular formula is C16H17BrClN3OS. The van der Waals surface area contributed by atoms with Crippen LogP contribution in [0.1, 0.15) is 35.3 Å². The SMILES string of the molecule is O=C(Nc1nc(CN2CCCCC2)cs1)c1cc(Br)ccc1Cl. The predicted octanol–water partition coefficient (Wildman–Crippen LogP) is 4.80. The van der Waals surface area contributed by atoms with Gasteiger partial charge < -0.3 is 0 Å². The lowest BCUT2D eigenvalue weighted by atomic mass is 10.1. The van der Waals surface area contributed by atoms with Gasteiger partial charge in [0.15, 0.2) is 5.13 Å². The normalized spacial score (nSPS) is 15.6. The number of rotatable bonds is 4. The highest BCUT2D eigenvalue weighted by molar-refractivity contribution is 9.10. The molecule has 1 aliphatic rings. The van der Waals surface area contributed by atoms with E-state index < -0.39 is 0 Å². The molecule has 0 unspecified atom stereocenters. The second-order valence-corrected chi connectivity index (χ2v) is 7.74. The summed E-state index contributed by atoms with van der Waals surface area (Å²) in [5.74, 6) is -0.241. The smallest absolute Gasteiger partial charge is 0.258 e. The number of nitrogens with one attached hydrogen (secondary N) is 1. The predicted molar refractivity (Wildman–Crippen MR) is 98.3 cm³/mol. The number of aromatic nitrogens is 1. The van der Waals surface area contributed by atoms with Gasteiger partial charge >= 0.3 is 0 Å². The van der Waals surface area contributed by atoms with Gasteiger partial charge in [-0.3, -0.25) is 15.0 Å². The topological polar surface area (TPSA) is 45.2 Å². The molecule has 0 atom stereocenters. The summed E-state index contributed by atoms with van der Waals surface area (Å²) in [5, 5.41) is 5.87. The van der Waals surface area contributed by atoms with Crippen LogP contribution in [0, 0.1) is 0 Å². The molecule has 1 aromatic heterocycles. The lowest BCUT2D eigenvalue weighted by Crippen LogP contribution is -2.29. The molecule has 0 aliphatic carbocycles. The van der Waals surface area contributed by atoms with Crippen molar-refractivity contribution >= 4 is 49.9 Å². The van der Waals surface area contributed by atoms with Gasteiger partial charge in [0, 0.05) is 16.4 Å². The maximum Gasteiger partial charge on any atom is 0.258 e. The quantitative estimate of drug-likeness (QED) is 0.782. The van der Waals surface area contributed by atoms with Crippen molar-refractivity contribution in [2.45, 2.75) is 25.8 Å². The molecule has 0 bridgehead atoms. The monoisotopic (exact) mass is 413 g/mol. The maximum absolute atomic E-state index is 12.3. The summed E-state index contributed by atoms with van der Waals surface area (Å²) in [6.07, 6.45) is 3.84. The van der Waals surface area contributed by atoms with Crippen LogP contribution in [0.5, 0.6) is 0 Å². The zero-order valence-corrected chi connectivity index (χ0v) is 15.7. The van der Waals surface area contributed by atoms with E-state index in [-0.39, 0.29) is 5.91 Å². The fourth-order valence-corrected chi connectivity index (χ4v) is 3.88. The number of amides is 1. The second kappa shape index (κ2) is 7.75. The number of carbonyl (C=O) groups is 1. The van der Waals surface area contributed by atoms with E-state index in [2.05, 4.69) is 31.1 Å². The standard InChI is InChI=1S/C16H17BrClN3OS/c17-11-4-5-14(18)13(8-11)15(22)20-16-19-12(10-23-16)9-21-6-2-1-3-7-21/h4-5,8,10H,1-3,6-7,9H2,(H,19,20,22). The van der Waals surface area contributed by atoms with Gasteiger partial charge in [0.25, 0.3) is 5.91 Å². The fraction of sp³-hybridized carbons (Fsp3) is 0.375. The number of hydrogen-bond donors (Lipinski definition) is 1. The molecule has 1 saturated heterocycles. The van der Waals surface area contributed by atoms with Crippen molar-refractivity contribution < 1.29 is 4.79 Å². The van der Waals surface area contributed by atoms with Crippen molar-refractivity contribution in [3.05, 3.63) is 44.3 Å². The average molecular weight is 415 g/mol. The van der Waals surface area contributed by atoms with Crippen LogP contribution in [0.3, 0.4) is 0 Å². The Bertz CT molecular complexity index is 700. The number of carbonyl (C=O) groups excluding carboxylic acids is 1. The third kappa shape index (κ3) is 4.53. The van der Waals surface area contributed by atoms with Gasteiger partial charge in [-0.25, -0.2) is 4.98 Å². The van der Waals surface area contributed by atoms with E-state index in [1.807, 2.05) is 5.38 Å². The van der Waals surface area contributed by atoms with Gasteiger partial charge in [0.05, 0.1) is 16.3 Å². The highest BCUT2D eigenvalue weighted by atomic mass is 79.9. The Morgan fingerprint density at radius 2 is 2.13 bits per heavy atom. The van der Waals surface area contributed by atoms with Crippen molar-refractivity contribution in [3.63, 3.8) is 0 Å². The number of halogens is 2. The molecule has 1 N–H and O–H groups in total. The maximum atomic E-state index is 12.3. The molecule has 122 valence electrons. The van der Waals surface area contributed by atoms with Crippen LogP contribution in [-0.2, 0) is 6.54 Å². The largest absolute Gasteiger partial charge is 0.298 e. The van der Waals surface area contributed by atoms with E-state index in [0.717, 1.165) is 29.8 Å². The van der Waals surface area contributed by atoms with E-state index in [1.54, 1.807) is 18.2 Å². The van der Waals surface area contributed by atoms with Crippen molar-refractivity contribution in [1.29, 1.82) is 0 Å². The van der Waals surface area contributed by atoms with Crippen LogP contribution in [0.4, 0.5) is 5.13 Å². The number of benzene rings is 1. The van der Waals surface area contributed by atoms with Gasteiger partial charge in [-0.15, -0.1) is 11.3 Å². The first-order valence-electron chi connectivity index (χ1n) is 7.55. The summed E-state index contributed by atoms with van der Waals surface area (Å²) in [6, 6.07) is 5.21. The molecule has 0 spiro atoms. The summed E-state index contributed by atoms with van der Waals surface area (Å²) in [7, 11) is 0. The minimum absolute atomic E-state index is 0.241. The number of piperidine rings is 1. The Hall–Kier alpha value is -0.950. The zero-order chi connectivity index (χ0) is 16.2. The molecule has 3 rings (SSSR count). The molecule has 2 aromatic rings. The van der Waals surface area contributed by atoms with Crippen molar-refractivity contribution in [3.8, 4) is 0 Å².